The molecule has 1 atom stereocenters. The van der Waals surface area contributed by atoms with Crippen molar-refractivity contribution in [3.05, 3.63) is 47.5 Å². The van der Waals surface area contributed by atoms with Gasteiger partial charge in [-0.05, 0) is 31.2 Å². The number of benzene rings is 2. The molecule has 1 amide bonds. The molecule has 0 unspecified atom stereocenters. The van der Waals surface area contributed by atoms with Gasteiger partial charge in [0, 0.05) is 6.07 Å². The maximum absolute atomic E-state index is 12.1. The standard InChI is InChI=1S/C18H16N2O4S/c1-11(18-20-13-4-2-3-5-16(13)25-18)19-17(21)9-22-12-6-7-14-15(8-12)24-10-23-14/h2-8,11H,9-10H2,1H3,(H,19,21)/t11-/m1/s1. The molecule has 0 saturated heterocycles. The second kappa shape index (κ2) is 6.60. The number of hydrogen-bond donors (Lipinski definition) is 1. The number of aromatic nitrogens is 1. The molecule has 0 bridgehead atoms. The number of nitrogens with zero attached hydrogens (tertiary/aromatic N) is 1. The van der Waals surface area contributed by atoms with E-state index in [1.54, 1.807) is 29.5 Å². The Labute approximate surface area is 148 Å². The van der Waals surface area contributed by atoms with Crippen LogP contribution in [0.1, 0.15) is 18.0 Å². The summed E-state index contributed by atoms with van der Waals surface area (Å²) in [7, 11) is 0. The van der Waals surface area contributed by atoms with E-state index in [0.717, 1.165) is 15.2 Å². The molecule has 1 aliphatic heterocycles. The summed E-state index contributed by atoms with van der Waals surface area (Å²) in [6.45, 7) is 2.05. The molecule has 3 aromatic rings. The van der Waals surface area contributed by atoms with E-state index in [2.05, 4.69) is 10.3 Å². The molecule has 4 rings (SSSR count). The topological polar surface area (TPSA) is 69.7 Å². The maximum Gasteiger partial charge on any atom is 0.258 e. The van der Waals surface area contributed by atoms with E-state index in [-0.39, 0.29) is 25.3 Å². The van der Waals surface area contributed by atoms with Crippen LogP contribution in [-0.2, 0) is 4.79 Å². The van der Waals surface area contributed by atoms with Crippen LogP contribution in [0.3, 0.4) is 0 Å². The first-order valence-corrected chi connectivity index (χ1v) is 8.68. The van der Waals surface area contributed by atoms with Gasteiger partial charge in [0.2, 0.25) is 6.79 Å². The molecule has 2 heterocycles. The zero-order valence-electron chi connectivity index (χ0n) is 13.5. The number of ether oxygens (including phenoxy) is 3. The van der Waals surface area contributed by atoms with Gasteiger partial charge in [-0.1, -0.05) is 12.1 Å². The number of thiazole rings is 1. The van der Waals surface area contributed by atoms with Crippen LogP contribution in [0.5, 0.6) is 17.2 Å². The molecule has 128 valence electrons. The summed E-state index contributed by atoms with van der Waals surface area (Å²) in [6.07, 6.45) is 0. The SMILES string of the molecule is C[C@@H](NC(=O)COc1ccc2c(c1)OCO2)c1nc2ccccc2s1. The zero-order valence-corrected chi connectivity index (χ0v) is 14.3. The van der Waals surface area contributed by atoms with Gasteiger partial charge in [0.05, 0.1) is 16.3 Å². The summed E-state index contributed by atoms with van der Waals surface area (Å²) in [5.41, 5.74) is 0.945. The second-order valence-corrected chi connectivity index (χ2v) is 6.67. The Morgan fingerprint density at radius 1 is 1.28 bits per heavy atom. The highest BCUT2D eigenvalue weighted by atomic mass is 32.1. The van der Waals surface area contributed by atoms with Crippen LogP contribution >= 0.6 is 11.3 Å². The fourth-order valence-electron chi connectivity index (χ4n) is 2.54. The first kappa shape index (κ1) is 15.7. The second-order valence-electron chi connectivity index (χ2n) is 5.61. The van der Waals surface area contributed by atoms with Crippen LogP contribution < -0.4 is 19.5 Å². The highest BCUT2D eigenvalue weighted by Gasteiger charge is 2.16. The Bertz CT molecular complexity index is 891. The largest absolute Gasteiger partial charge is 0.484 e. The third-order valence-electron chi connectivity index (χ3n) is 3.77. The fraction of sp³-hybridized carbons (Fsp3) is 0.222. The lowest BCUT2D eigenvalue weighted by Gasteiger charge is -2.12. The van der Waals surface area contributed by atoms with Crippen molar-refractivity contribution < 1.29 is 19.0 Å². The Morgan fingerprint density at radius 2 is 2.12 bits per heavy atom. The Morgan fingerprint density at radius 3 is 3.00 bits per heavy atom. The van der Waals surface area contributed by atoms with E-state index in [9.17, 15) is 4.79 Å². The molecule has 1 aromatic heterocycles. The average molecular weight is 356 g/mol. The summed E-state index contributed by atoms with van der Waals surface area (Å²) >= 11 is 1.58. The summed E-state index contributed by atoms with van der Waals surface area (Å²) in [6, 6.07) is 13.0. The molecular weight excluding hydrogens is 340 g/mol. The van der Waals surface area contributed by atoms with E-state index in [1.165, 1.54) is 0 Å². The summed E-state index contributed by atoms with van der Waals surface area (Å²) in [5, 5.41) is 3.78. The zero-order chi connectivity index (χ0) is 17.2. The van der Waals surface area contributed by atoms with E-state index in [1.807, 2.05) is 31.2 Å². The van der Waals surface area contributed by atoms with Crippen molar-refractivity contribution in [2.24, 2.45) is 0 Å². The molecule has 0 spiro atoms. The quantitative estimate of drug-likeness (QED) is 0.760. The van der Waals surface area contributed by atoms with Gasteiger partial charge in [-0.2, -0.15) is 0 Å². The van der Waals surface area contributed by atoms with Crippen molar-refractivity contribution >= 4 is 27.5 Å². The van der Waals surface area contributed by atoms with Gasteiger partial charge in [-0.25, -0.2) is 4.98 Å². The van der Waals surface area contributed by atoms with E-state index in [0.29, 0.717) is 17.2 Å². The van der Waals surface area contributed by atoms with E-state index >= 15 is 0 Å². The summed E-state index contributed by atoms with van der Waals surface area (Å²) in [5.74, 6) is 1.67. The third kappa shape index (κ3) is 3.36. The van der Waals surface area contributed by atoms with Gasteiger partial charge < -0.3 is 19.5 Å². The van der Waals surface area contributed by atoms with Crippen molar-refractivity contribution in [2.75, 3.05) is 13.4 Å². The fourth-order valence-corrected chi connectivity index (χ4v) is 3.51. The number of carbonyl (C=O) groups is 1. The number of rotatable bonds is 5. The smallest absolute Gasteiger partial charge is 0.258 e. The minimum atomic E-state index is -0.204. The monoisotopic (exact) mass is 356 g/mol. The average Bonchev–Trinajstić information content (AvgIpc) is 3.25. The van der Waals surface area contributed by atoms with Crippen LogP contribution in [-0.4, -0.2) is 24.3 Å². The van der Waals surface area contributed by atoms with E-state index in [4.69, 9.17) is 14.2 Å². The van der Waals surface area contributed by atoms with Gasteiger partial charge in [0.15, 0.2) is 18.1 Å². The maximum atomic E-state index is 12.1. The lowest BCUT2D eigenvalue weighted by atomic mass is 10.3. The molecule has 2 aromatic carbocycles. The van der Waals surface area contributed by atoms with Gasteiger partial charge in [-0.3, -0.25) is 4.79 Å². The molecular formula is C18H16N2O4S. The Kier molecular flexibility index (Phi) is 4.15. The normalized spacial score (nSPS) is 13.6. The lowest BCUT2D eigenvalue weighted by Crippen LogP contribution is -2.31. The number of fused-ring (bicyclic) bond motifs is 2. The van der Waals surface area contributed by atoms with Crippen LogP contribution in [0.2, 0.25) is 0 Å². The molecule has 6 nitrogen and oxygen atoms in total. The van der Waals surface area contributed by atoms with Crippen LogP contribution in [0, 0.1) is 0 Å². The lowest BCUT2D eigenvalue weighted by molar-refractivity contribution is -0.123. The van der Waals surface area contributed by atoms with Crippen LogP contribution in [0.15, 0.2) is 42.5 Å². The molecule has 0 radical (unpaired) electrons. The van der Waals surface area contributed by atoms with Crippen molar-refractivity contribution in [2.45, 2.75) is 13.0 Å². The highest BCUT2D eigenvalue weighted by molar-refractivity contribution is 7.18. The van der Waals surface area contributed by atoms with Gasteiger partial charge in [0.25, 0.3) is 5.91 Å². The van der Waals surface area contributed by atoms with Crippen LogP contribution in [0.25, 0.3) is 10.2 Å². The molecule has 0 saturated carbocycles. The number of amides is 1. The van der Waals surface area contributed by atoms with Gasteiger partial charge >= 0.3 is 0 Å². The Balaban J connectivity index is 1.35. The number of para-hydroxylation sites is 1. The van der Waals surface area contributed by atoms with Crippen molar-refractivity contribution in [1.29, 1.82) is 0 Å². The molecule has 0 fully saturated rings. The summed E-state index contributed by atoms with van der Waals surface area (Å²) in [4.78, 5) is 16.7. The van der Waals surface area contributed by atoms with Gasteiger partial charge in [-0.15, -0.1) is 11.3 Å². The Hall–Kier alpha value is -2.80. The van der Waals surface area contributed by atoms with Gasteiger partial charge in [0.1, 0.15) is 10.8 Å². The number of hydrogen-bond acceptors (Lipinski definition) is 6. The summed E-state index contributed by atoms with van der Waals surface area (Å²) < 4.78 is 17.2. The number of nitrogens with one attached hydrogen (secondary N) is 1. The van der Waals surface area contributed by atoms with E-state index < -0.39 is 0 Å². The van der Waals surface area contributed by atoms with Crippen molar-refractivity contribution in [3.8, 4) is 17.2 Å². The third-order valence-corrected chi connectivity index (χ3v) is 4.99. The molecule has 1 aliphatic rings. The molecule has 7 heteroatoms. The minimum absolute atomic E-state index is 0.0745. The molecule has 1 N–H and O–H groups in total. The first-order chi connectivity index (χ1) is 12.2. The molecule has 0 aliphatic carbocycles. The highest BCUT2D eigenvalue weighted by Crippen LogP contribution is 2.35. The number of carbonyl (C=O) groups excluding carboxylic acids is 1. The van der Waals surface area contributed by atoms with Crippen LogP contribution in [0.4, 0.5) is 0 Å². The van der Waals surface area contributed by atoms with Crippen molar-refractivity contribution in [1.82, 2.24) is 10.3 Å². The predicted molar refractivity (Wildman–Crippen MR) is 94.2 cm³/mol. The minimum Gasteiger partial charge on any atom is -0.484 e. The molecule has 25 heavy (non-hydrogen) atoms. The predicted octanol–water partition coefficient (Wildman–Crippen LogP) is 3.28. The van der Waals surface area contributed by atoms with Crippen molar-refractivity contribution in [3.63, 3.8) is 0 Å². The first-order valence-electron chi connectivity index (χ1n) is 7.86.